The van der Waals surface area contributed by atoms with Crippen LogP contribution in [0.5, 0.6) is 0 Å². The Labute approximate surface area is 141 Å². The lowest BCUT2D eigenvalue weighted by molar-refractivity contribution is -0.159. The summed E-state index contributed by atoms with van der Waals surface area (Å²) in [6.07, 6.45) is 13.9. The monoisotopic (exact) mass is 318 g/mol. The van der Waals surface area contributed by atoms with Gasteiger partial charge in [0, 0.05) is 6.92 Å². The van der Waals surface area contributed by atoms with Gasteiger partial charge in [-0.2, -0.15) is 0 Å². The number of rotatable bonds is 1. The molecule has 0 radical (unpaired) electrons. The molecule has 4 aliphatic rings. The summed E-state index contributed by atoms with van der Waals surface area (Å²) in [5, 5.41) is 0. The lowest BCUT2D eigenvalue weighted by Crippen LogP contribution is -2.53. The van der Waals surface area contributed by atoms with Gasteiger partial charge < -0.3 is 4.74 Å². The average Bonchev–Trinajstić information content (AvgIpc) is 2.89. The van der Waals surface area contributed by atoms with Crippen molar-refractivity contribution in [3.63, 3.8) is 0 Å². The summed E-state index contributed by atoms with van der Waals surface area (Å²) in [6, 6.07) is 0. The molecule has 4 rings (SSSR count). The van der Waals surface area contributed by atoms with E-state index < -0.39 is 0 Å². The molecular weight excluding hydrogens is 284 g/mol. The number of carbonyl (C=O) groups excluding carboxylic acids is 1. The maximum absolute atomic E-state index is 11.3. The Balaban J connectivity index is 1.53. The number of carbonyl (C=O) groups is 1. The molecule has 4 fully saturated rings. The van der Waals surface area contributed by atoms with Gasteiger partial charge in [0.15, 0.2) is 0 Å². The topological polar surface area (TPSA) is 26.3 Å². The number of hydrogen-bond acceptors (Lipinski definition) is 2. The molecule has 2 heteroatoms. The normalized spacial score (nSPS) is 52.2. The van der Waals surface area contributed by atoms with Gasteiger partial charge in [-0.15, -0.1) is 0 Å². The van der Waals surface area contributed by atoms with Crippen LogP contribution >= 0.6 is 0 Å². The zero-order valence-corrected chi connectivity index (χ0v) is 15.3. The van der Waals surface area contributed by atoms with Crippen LogP contribution in [0.25, 0.3) is 0 Å². The second-order valence-electron chi connectivity index (χ2n) is 9.75. The Kier molecular flexibility index (Phi) is 3.81. The summed E-state index contributed by atoms with van der Waals surface area (Å²) in [5.74, 6) is 3.63. The zero-order chi connectivity index (χ0) is 16.2. The fourth-order valence-corrected chi connectivity index (χ4v) is 7.55. The van der Waals surface area contributed by atoms with E-state index in [1.807, 2.05) is 0 Å². The van der Waals surface area contributed by atoms with E-state index in [1.54, 1.807) is 6.92 Å². The molecule has 5 unspecified atom stereocenters. The van der Waals surface area contributed by atoms with Crippen LogP contribution in [0.4, 0.5) is 0 Å². The van der Waals surface area contributed by atoms with Gasteiger partial charge in [-0.05, 0) is 92.3 Å². The summed E-state index contributed by atoms with van der Waals surface area (Å²) in [7, 11) is 0. The van der Waals surface area contributed by atoms with Crippen LogP contribution in [-0.2, 0) is 9.53 Å². The second kappa shape index (κ2) is 5.49. The number of esters is 1. The van der Waals surface area contributed by atoms with E-state index in [0.29, 0.717) is 10.8 Å². The minimum absolute atomic E-state index is 0.0910. The first-order valence-corrected chi connectivity index (χ1v) is 10.1. The molecule has 0 aliphatic heterocycles. The molecule has 0 amide bonds. The van der Waals surface area contributed by atoms with Gasteiger partial charge >= 0.3 is 5.97 Å². The van der Waals surface area contributed by atoms with Crippen LogP contribution in [0.1, 0.15) is 85.0 Å². The lowest BCUT2D eigenvalue weighted by Gasteiger charge is -2.60. The Morgan fingerprint density at radius 3 is 2.57 bits per heavy atom. The minimum Gasteiger partial charge on any atom is -0.463 e. The highest BCUT2D eigenvalue weighted by Crippen LogP contribution is 2.66. The predicted octanol–water partition coefficient (Wildman–Crippen LogP) is 5.35. The summed E-state index contributed by atoms with van der Waals surface area (Å²) >= 11 is 0. The van der Waals surface area contributed by atoms with Gasteiger partial charge in [-0.25, -0.2) is 0 Å². The van der Waals surface area contributed by atoms with Gasteiger partial charge in [0.1, 0.15) is 6.10 Å². The molecule has 0 N–H and O–H groups in total. The predicted molar refractivity (Wildman–Crippen MR) is 91.9 cm³/mol. The van der Waals surface area contributed by atoms with Crippen molar-refractivity contribution >= 4 is 5.97 Å². The molecule has 4 saturated carbocycles. The third-order valence-corrected chi connectivity index (χ3v) is 8.73. The Morgan fingerprint density at radius 1 is 0.957 bits per heavy atom. The van der Waals surface area contributed by atoms with E-state index in [0.717, 1.165) is 36.5 Å². The van der Waals surface area contributed by atoms with Crippen LogP contribution in [0.15, 0.2) is 0 Å². The number of hydrogen-bond donors (Lipinski definition) is 0. The van der Waals surface area contributed by atoms with Crippen LogP contribution < -0.4 is 0 Å². The largest absolute Gasteiger partial charge is 0.463 e. The maximum Gasteiger partial charge on any atom is 0.302 e. The smallest absolute Gasteiger partial charge is 0.302 e. The van der Waals surface area contributed by atoms with Gasteiger partial charge in [0.05, 0.1) is 0 Å². The molecular formula is C21H34O2. The molecule has 0 bridgehead atoms. The molecule has 7 atom stereocenters. The highest BCUT2D eigenvalue weighted by atomic mass is 16.5. The molecule has 2 nitrogen and oxygen atoms in total. The van der Waals surface area contributed by atoms with E-state index >= 15 is 0 Å². The van der Waals surface area contributed by atoms with E-state index in [2.05, 4.69) is 13.8 Å². The first kappa shape index (κ1) is 16.0. The van der Waals surface area contributed by atoms with Crippen LogP contribution in [0.3, 0.4) is 0 Å². The van der Waals surface area contributed by atoms with Crippen LogP contribution in [0, 0.1) is 34.5 Å². The van der Waals surface area contributed by atoms with Crippen molar-refractivity contribution in [1.82, 2.24) is 0 Å². The molecule has 4 aliphatic carbocycles. The van der Waals surface area contributed by atoms with Crippen molar-refractivity contribution in [2.24, 2.45) is 34.5 Å². The molecule has 0 aromatic rings. The highest BCUT2D eigenvalue weighted by molar-refractivity contribution is 5.66. The first-order chi connectivity index (χ1) is 10.9. The van der Waals surface area contributed by atoms with Gasteiger partial charge in [-0.1, -0.05) is 20.3 Å². The fourth-order valence-electron chi connectivity index (χ4n) is 7.55. The van der Waals surface area contributed by atoms with E-state index in [-0.39, 0.29) is 12.1 Å². The minimum atomic E-state index is -0.0910. The van der Waals surface area contributed by atoms with Crippen molar-refractivity contribution in [3.05, 3.63) is 0 Å². The van der Waals surface area contributed by atoms with E-state index in [9.17, 15) is 4.79 Å². The SMILES string of the molecule is CC(=O)O[C@@H]1CCC2(C)C3CCC4(C)CCCC4C3CC[C@H]2C1. The molecule has 23 heavy (non-hydrogen) atoms. The van der Waals surface area contributed by atoms with E-state index in [4.69, 9.17) is 4.74 Å². The summed E-state index contributed by atoms with van der Waals surface area (Å²) in [4.78, 5) is 11.3. The molecule has 0 spiro atoms. The summed E-state index contributed by atoms with van der Waals surface area (Å²) in [6.45, 7) is 6.75. The van der Waals surface area contributed by atoms with Crippen molar-refractivity contribution in [2.45, 2.75) is 91.1 Å². The van der Waals surface area contributed by atoms with Crippen molar-refractivity contribution < 1.29 is 9.53 Å². The standard InChI is InChI=1S/C21H34O2/c1-14(22)23-16-8-12-21(3)15(13-16)6-7-17-18-5-4-10-20(18,2)11-9-19(17)21/h15-19H,4-13H2,1-3H3/t15-,16+,17?,18?,19?,20?,21?/m0/s1. The van der Waals surface area contributed by atoms with E-state index in [1.165, 1.54) is 51.4 Å². The second-order valence-corrected chi connectivity index (χ2v) is 9.75. The molecule has 0 heterocycles. The molecule has 0 aromatic heterocycles. The summed E-state index contributed by atoms with van der Waals surface area (Å²) < 4.78 is 5.57. The number of ether oxygens (including phenoxy) is 1. The highest BCUT2D eigenvalue weighted by Gasteiger charge is 2.57. The summed E-state index contributed by atoms with van der Waals surface area (Å²) in [5.41, 5.74) is 1.18. The molecule has 0 aromatic carbocycles. The Bertz CT molecular complexity index is 486. The Morgan fingerprint density at radius 2 is 1.78 bits per heavy atom. The third-order valence-electron chi connectivity index (χ3n) is 8.73. The van der Waals surface area contributed by atoms with Crippen molar-refractivity contribution in [3.8, 4) is 0 Å². The fraction of sp³-hybridized carbons (Fsp3) is 0.952. The van der Waals surface area contributed by atoms with Gasteiger partial charge in [0.25, 0.3) is 0 Å². The molecule has 0 saturated heterocycles. The Hall–Kier alpha value is -0.530. The average molecular weight is 319 g/mol. The lowest BCUT2D eigenvalue weighted by atomic mass is 9.45. The van der Waals surface area contributed by atoms with Crippen molar-refractivity contribution in [2.75, 3.05) is 0 Å². The molecule has 130 valence electrons. The van der Waals surface area contributed by atoms with Gasteiger partial charge in [-0.3, -0.25) is 4.79 Å². The maximum atomic E-state index is 11.3. The first-order valence-electron chi connectivity index (χ1n) is 10.1. The quantitative estimate of drug-likeness (QED) is 0.609. The van der Waals surface area contributed by atoms with Gasteiger partial charge in [0.2, 0.25) is 0 Å². The third kappa shape index (κ3) is 2.46. The van der Waals surface area contributed by atoms with Crippen LogP contribution in [0.2, 0.25) is 0 Å². The van der Waals surface area contributed by atoms with Crippen LogP contribution in [-0.4, -0.2) is 12.1 Å². The zero-order valence-electron chi connectivity index (χ0n) is 15.3. The van der Waals surface area contributed by atoms with Crippen molar-refractivity contribution in [1.29, 1.82) is 0 Å². The number of fused-ring (bicyclic) bond motifs is 5.